The van der Waals surface area contributed by atoms with Crippen LogP contribution < -0.4 is 5.73 Å². The maximum atomic E-state index is 5.85. The molecule has 3 rings (SSSR count). The second kappa shape index (κ2) is 3.95. The van der Waals surface area contributed by atoms with Gasteiger partial charge >= 0.3 is 0 Å². The fraction of sp³-hybridized carbons (Fsp3) is 0.400. The molecular weight excluding hydrogens is 222 g/mol. The average Bonchev–Trinajstić information content (AvgIpc) is 2.97. The minimum Gasteiger partial charge on any atom is -0.330 e. The van der Waals surface area contributed by atoms with Crippen LogP contribution in [0.15, 0.2) is 30.5 Å². The molecule has 0 amide bonds. The lowest BCUT2D eigenvalue weighted by Gasteiger charge is -2.08. The number of nitrogens with two attached hydrogens (primary N) is 1. The zero-order valence-electron chi connectivity index (χ0n) is 11.0. The Balaban J connectivity index is 1.98. The molecule has 1 aromatic carbocycles. The molecule has 3 heteroatoms. The van der Waals surface area contributed by atoms with E-state index in [2.05, 4.69) is 38.1 Å². The van der Waals surface area contributed by atoms with Gasteiger partial charge in [0.2, 0.25) is 0 Å². The van der Waals surface area contributed by atoms with Crippen LogP contribution in [0.25, 0.3) is 5.69 Å². The first-order valence-corrected chi connectivity index (χ1v) is 6.48. The molecule has 0 unspecified atom stereocenters. The van der Waals surface area contributed by atoms with Crippen LogP contribution in [0, 0.1) is 13.8 Å². The topological polar surface area (TPSA) is 43.8 Å². The molecule has 0 radical (unpaired) electrons. The monoisotopic (exact) mass is 241 g/mol. The van der Waals surface area contributed by atoms with Crippen molar-refractivity contribution in [2.24, 2.45) is 5.73 Å². The van der Waals surface area contributed by atoms with Crippen molar-refractivity contribution in [2.45, 2.75) is 32.1 Å². The van der Waals surface area contributed by atoms with Gasteiger partial charge in [0.1, 0.15) is 0 Å². The first-order chi connectivity index (χ1) is 8.63. The minimum absolute atomic E-state index is 0.171. The number of benzene rings is 1. The normalized spacial score (nSPS) is 16.8. The molecule has 0 aliphatic heterocycles. The molecule has 1 aliphatic rings. The van der Waals surface area contributed by atoms with E-state index >= 15 is 0 Å². The van der Waals surface area contributed by atoms with E-state index in [9.17, 15) is 0 Å². The summed E-state index contributed by atoms with van der Waals surface area (Å²) in [5.41, 5.74) is 10.8. The molecule has 2 aromatic rings. The lowest BCUT2D eigenvalue weighted by Crippen LogP contribution is -2.20. The minimum atomic E-state index is 0.171. The van der Waals surface area contributed by atoms with E-state index in [4.69, 9.17) is 10.8 Å². The highest BCUT2D eigenvalue weighted by atomic mass is 15.3. The molecule has 1 saturated carbocycles. The predicted molar refractivity (Wildman–Crippen MR) is 73.0 cm³/mol. The standard InChI is InChI=1S/C15H19N3/c1-11-7-12(2)9-13(8-11)18-6-3-14(17-18)15(10-16)4-5-15/h3,6-9H,4-5,10,16H2,1-2H3. The zero-order valence-corrected chi connectivity index (χ0v) is 11.0. The van der Waals surface area contributed by atoms with E-state index < -0.39 is 0 Å². The number of rotatable bonds is 3. The van der Waals surface area contributed by atoms with Crippen LogP contribution in [-0.4, -0.2) is 16.3 Å². The van der Waals surface area contributed by atoms with Gasteiger partial charge in [-0.2, -0.15) is 5.10 Å². The van der Waals surface area contributed by atoms with Gasteiger partial charge in [-0.05, 0) is 56.0 Å². The lowest BCUT2D eigenvalue weighted by molar-refractivity contribution is 0.661. The third-order valence-electron chi connectivity index (χ3n) is 3.85. The zero-order chi connectivity index (χ0) is 12.8. The Hall–Kier alpha value is -1.61. The van der Waals surface area contributed by atoms with Gasteiger partial charge in [0, 0.05) is 18.2 Å². The van der Waals surface area contributed by atoms with E-state index in [1.165, 1.54) is 24.0 Å². The summed E-state index contributed by atoms with van der Waals surface area (Å²) in [5, 5.41) is 4.70. The Labute approximate surface area is 108 Å². The molecule has 0 bridgehead atoms. The smallest absolute Gasteiger partial charge is 0.0703 e. The van der Waals surface area contributed by atoms with Gasteiger partial charge in [0.05, 0.1) is 11.4 Å². The van der Waals surface area contributed by atoms with Crippen LogP contribution in [0.1, 0.15) is 29.7 Å². The highest BCUT2D eigenvalue weighted by Crippen LogP contribution is 2.46. The molecule has 18 heavy (non-hydrogen) atoms. The first-order valence-electron chi connectivity index (χ1n) is 6.48. The van der Waals surface area contributed by atoms with Gasteiger partial charge < -0.3 is 5.73 Å². The molecular formula is C15H19N3. The highest BCUT2D eigenvalue weighted by Gasteiger charge is 2.44. The fourth-order valence-corrected chi connectivity index (χ4v) is 2.55. The number of hydrogen-bond acceptors (Lipinski definition) is 2. The number of nitrogens with zero attached hydrogens (tertiary/aromatic N) is 2. The molecule has 1 aliphatic carbocycles. The van der Waals surface area contributed by atoms with Crippen LogP contribution in [0.4, 0.5) is 0 Å². The second-order valence-electron chi connectivity index (χ2n) is 5.48. The third kappa shape index (κ3) is 1.85. The van der Waals surface area contributed by atoms with Crippen LogP contribution in [0.3, 0.4) is 0 Å². The van der Waals surface area contributed by atoms with Crippen molar-refractivity contribution in [1.29, 1.82) is 0 Å². The summed E-state index contributed by atoms with van der Waals surface area (Å²) >= 11 is 0. The first kappa shape index (κ1) is 11.5. The average molecular weight is 241 g/mol. The van der Waals surface area contributed by atoms with Gasteiger partial charge in [-0.1, -0.05) is 6.07 Å². The lowest BCUT2D eigenvalue weighted by atomic mass is 10.0. The SMILES string of the molecule is Cc1cc(C)cc(-n2ccc(C3(CN)CC3)n2)c1. The van der Waals surface area contributed by atoms with Crippen LogP contribution in [-0.2, 0) is 5.41 Å². The molecule has 0 atom stereocenters. The second-order valence-corrected chi connectivity index (χ2v) is 5.48. The van der Waals surface area contributed by atoms with Gasteiger partial charge in [-0.15, -0.1) is 0 Å². The summed E-state index contributed by atoms with van der Waals surface area (Å²) < 4.78 is 1.96. The Bertz CT molecular complexity index is 559. The van der Waals surface area contributed by atoms with Crippen molar-refractivity contribution < 1.29 is 0 Å². The van der Waals surface area contributed by atoms with Crippen LogP contribution in [0.5, 0.6) is 0 Å². The van der Waals surface area contributed by atoms with Crippen LogP contribution in [0.2, 0.25) is 0 Å². The largest absolute Gasteiger partial charge is 0.330 e. The number of hydrogen-bond donors (Lipinski definition) is 1. The maximum Gasteiger partial charge on any atom is 0.0703 e. The molecule has 0 spiro atoms. The Morgan fingerprint density at radius 1 is 1.22 bits per heavy atom. The number of aryl methyl sites for hydroxylation is 2. The molecule has 1 heterocycles. The fourth-order valence-electron chi connectivity index (χ4n) is 2.55. The Morgan fingerprint density at radius 3 is 2.44 bits per heavy atom. The van der Waals surface area contributed by atoms with E-state index in [-0.39, 0.29) is 5.41 Å². The molecule has 2 N–H and O–H groups in total. The summed E-state index contributed by atoms with van der Waals surface area (Å²) in [4.78, 5) is 0. The van der Waals surface area contributed by atoms with Crippen molar-refractivity contribution in [3.8, 4) is 5.69 Å². The van der Waals surface area contributed by atoms with E-state index in [0.29, 0.717) is 6.54 Å². The number of aromatic nitrogens is 2. The Kier molecular flexibility index (Phi) is 2.52. The van der Waals surface area contributed by atoms with E-state index in [1.807, 2.05) is 10.9 Å². The molecule has 1 fully saturated rings. The molecule has 0 saturated heterocycles. The summed E-state index contributed by atoms with van der Waals surface area (Å²) in [7, 11) is 0. The Morgan fingerprint density at radius 2 is 1.89 bits per heavy atom. The van der Waals surface area contributed by atoms with Gasteiger partial charge in [0.25, 0.3) is 0 Å². The summed E-state index contributed by atoms with van der Waals surface area (Å²) in [6.45, 7) is 4.93. The molecule has 1 aromatic heterocycles. The summed E-state index contributed by atoms with van der Waals surface area (Å²) in [6, 6.07) is 8.60. The van der Waals surface area contributed by atoms with Gasteiger partial charge in [0.15, 0.2) is 0 Å². The van der Waals surface area contributed by atoms with Crippen molar-refractivity contribution in [3.63, 3.8) is 0 Å². The van der Waals surface area contributed by atoms with Gasteiger partial charge in [-0.25, -0.2) is 4.68 Å². The molecule has 94 valence electrons. The van der Waals surface area contributed by atoms with E-state index in [0.717, 1.165) is 11.4 Å². The van der Waals surface area contributed by atoms with Crippen molar-refractivity contribution >= 4 is 0 Å². The quantitative estimate of drug-likeness (QED) is 0.897. The molecule has 3 nitrogen and oxygen atoms in total. The summed E-state index contributed by atoms with van der Waals surface area (Å²) in [5.74, 6) is 0. The van der Waals surface area contributed by atoms with Crippen molar-refractivity contribution in [1.82, 2.24) is 9.78 Å². The van der Waals surface area contributed by atoms with E-state index in [1.54, 1.807) is 0 Å². The summed E-state index contributed by atoms with van der Waals surface area (Å²) in [6.07, 6.45) is 4.39. The van der Waals surface area contributed by atoms with Crippen LogP contribution >= 0.6 is 0 Å². The maximum absolute atomic E-state index is 5.85. The van der Waals surface area contributed by atoms with Crippen molar-refractivity contribution in [2.75, 3.05) is 6.54 Å². The van der Waals surface area contributed by atoms with Gasteiger partial charge in [-0.3, -0.25) is 0 Å². The van der Waals surface area contributed by atoms with Crippen molar-refractivity contribution in [3.05, 3.63) is 47.3 Å². The highest BCUT2D eigenvalue weighted by molar-refractivity contribution is 5.39. The third-order valence-corrected chi connectivity index (χ3v) is 3.85. The predicted octanol–water partition coefficient (Wildman–Crippen LogP) is 2.48.